The lowest BCUT2D eigenvalue weighted by Gasteiger charge is -2.30. The van der Waals surface area contributed by atoms with E-state index in [2.05, 4.69) is 17.4 Å². The normalized spacial score (nSPS) is 21.2. The van der Waals surface area contributed by atoms with E-state index in [0.717, 1.165) is 27.4 Å². The summed E-state index contributed by atoms with van der Waals surface area (Å²) in [6, 6.07) is 11.9. The van der Waals surface area contributed by atoms with Crippen molar-refractivity contribution in [2.24, 2.45) is 0 Å². The van der Waals surface area contributed by atoms with Crippen molar-refractivity contribution in [2.45, 2.75) is 43.4 Å². The van der Waals surface area contributed by atoms with Crippen molar-refractivity contribution in [3.8, 4) is 0 Å². The van der Waals surface area contributed by atoms with Crippen LogP contribution < -0.4 is 10.2 Å². The number of benzene rings is 2. The van der Waals surface area contributed by atoms with E-state index in [9.17, 15) is 9.59 Å². The zero-order chi connectivity index (χ0) is 17.8. The predicted octanol–water partition coefficient (Wildman–Crippen LogP) is 4.18. The summed E-state index contributed by atoms with van der Waals surface area (Å²) in [5.41, 5.74) is 4.95. The van der Waals surface area contributed by atoms with Gasteiger partial charge in [-0.25, -0.2) is 0 Å². The number of anilines is 2. The Labute approximate surface area is 151 Å². The van der Waals surface area contributed by atoms with Crippen LogP contribution >= 0.6 is 11.8 Å². The molecule has 128 valence electrons. The summed E-state index contributed by atoms with van der Waals surface area (Å²) in [6.07, 6.45) is 0.932. The van der Waals surface area contributed by atoms with Crippen LogP contribution in [0.2, 0.25) is 0 Å². The molecule has 2 aromatic carbocycles. The first-order valence-electron chi connectivity index (χ1n) is 8.43. The summed E-state index contributed by atoms with van der Waals surface area (Å²) in [4.78, 5) is 27.6. The van der Waals surface area contributed by atoms with Crippen molar-refractivity contribution in [1.82, 2.24) is 0 Å². The Balaban J connectivity index is 1.72. The van der Waals surface area contributed by atoms with E-state index in [0.29, 0.717) is 12.8 Å². The zero-order valence-corrected chi connectivity index (χ0v) is 15.4. The van der Waals surface area contributed by atoms with Crippen molar-refractivity contribution in [1.29, 1.82) is 0 Å². The molecule has 2 aromatic rings. The minimum absolute atomic E-state index is 0.0185. The fraction of sp³-hybridized carbons (Fsp3) is 0.300. The van der Waals surface area contributed by atoms with E-state index in [4.69, 9.17) is 0 Å². The molecule has 1 atom stereocenters. The third kappa shape index (κ3) is 2.37. The molecule has 0 unspecified atom stereocenters. The minimum atomic E-state index is -0.870. The molecule has 0 aromatic heterocycles. The lowest BCUT2D eigenvalue weighted by Crippen LogP contribution is -2.49. The van der Waals surface area contributed by atoms with Gasteiger partial charge < -0.3 is 5.32 Å². The lowest BCUT2D eigenvalue weighted by atomic mass is 10.0. The lowest BCUT2D eigenvalue weighted by molar-refractivity contribution is -0.121. The fourth-order valence-electron chi connectivity index (χ4n) is 3.89. The number of thioether (sulfide) groups is 1. The van der Waals surface area contributed by atoms with Crippen LogP contribution in [0.5, 0.6) is 0 Å². The third-order valence-corrected chi connectivity index (χ3v) is 6.42. The highest BCUT2D eigenvalue weighted by atomic mass is 32.2. The van der Waals surface area contributed by atoms with Crippen molar-refractivity contribution >= 4 is 35.0 Å². The van der Waals surface area contributed by atoms with Gasteiger partial charge in [0.1, 0.15) is 0 Å². The summed E-state index contributed by atoms with van der Waals surface area (Å²) in [7, 11) is 0. The van der Waals surface area contributed by atoms with E-state index in [1.807, 2.05) is 45.0 Å². The summed E-state index contributed by atoms with van der Waals surface area (Å²) >= 11 is 1.49. The van der Waals surface area contributed by atoms with Crippen LogP contribution in [0.25, 0.3) is 0 Å². The van der Waals surface area contributed by atoms with Gasteiger partial charge in [0.2, 0.25) is 5.91 Å². The molecule has 5 heteroatoms. The number of fused-ring (bicyclic) bond motifs is 3. The summed E-state index contributed by atoms with van der Waals surface area (Å²) in [5.74, 6) is -0.0976. The van der Waals surface area contributed by atoms with Gasteiger partial charge in [0.05, 0.1) is 5.69 Å². The van der Waals surface area contributed by atoms with Gasteiger partial charge >= 0.3 is 0 Å². The van der Waals surface area contributed by atoms with E-state index < -0.39 is 4.87 Å². The smallest absolute Gasteiger partial charge is 0.261 e. The van der Waals surface area contributed by atoms with Crippen molar-refractivity contribution < 1.29 is 9.59 Å². The first-order valence-corrected chi connectivity index (χ1v) is 9.24. The molecule has 2 aliphatic heterocycles. The Bertz CT molecular complexity index is 885. The number of carbonyl (C=O) groups excluding carboxylic acids is 2. The molecule has 2 aliphatic rings. The van der Waals surface area contributed by atoms with Gasteiger partial charge in [-0.15, -0.1) is 0 Å². The van der Waals surface area contributed by atoms with Crippen LogP contribution in [-0.4, -0.2) is 16.7 Å². The Kier molecular flexibility index (Phi) is 3.65. The van der Waals surface area contributed by atoms with Crippen LogP contribution in [0.4, 0.5) is 11.4 Å². The molecular formula is C20H20N2O2S. The summed E-state index contributed by atoms with van der Waals surface area (Å²) < 4.78 is 0. The van der Waals surface area contributed by atoms with Gasteiger partial charge in [0.15, 0.2) is 4.87 Å². The molecule has 0 bridgehead atoms. The first-order chi connectivity index (χ1) is 11.9. The van der Waals surface area contributed by atoms with Gasteiger partial charge in [-0.2, -0.15) is 0 Å². The predicted molar refractivity (Wildman–Crippen MR) is 101 cm³/mol. The molecule has 4 rings (SSSR count). The number of nitrogens with zero attached hydrogens (tertiary/aromatic N) is 1. The van der Waals surface area contributed by atoms with Crippen LogP contribution in [0.15, 0.2) is 41.3 Å². The fourth-order valence-corrected chi connectivity index (χ4v) is 5.30. The molecule has 4 nitrogen and oxygen atoms in total. The first kappa shape index (κ1) is 16.2. The van der Waals surface area contributed by atoms with Gasteiger partial charge in [-0.1, -0.05) is 41.6 Å². The Morgan fingerprint density at radius 1 is 1.16 bits per heavy atom. The maximum atomic E-state index is 13.3. The molecule has 0 saturated carbocycles. The Morgan fingerprint density at radius 2 is 1.84 bits per heavy atom. The summed E-state index contributed by atoms with van der Waals surface area (Å²) in [6.45, 7) is 6.05. The van der Waals surface area contributed by atoms with Gasteiger partial charge in [0, 0.05) is 17.0 Å². The second kappa shape index (κ2) is 5.63. The molecular weight excluding hydrogens is 332 g/mol. The molecule has 25 heavy (non-hydrogen) atoms. The van der Waals surface area contributed by atoms with Crippen LogP contribution in [0.3, 0.4) is 0 Å². The average Bonchev–Trinajstić information content (AvgIpc) is 3.07. The SMILES string of the molecule is Cc1cc(C)c(NC(=O)[C@]23CCC(=O)N2c2ccccc2S3)c(C)c1. The maximum absolute atomic E-state index is 13.3. The van der Waals surface area contributed by atoms with Gasteiger partial charge in [-0.05, 0) is 50.5 Å². The Hall–Kier alpha value is -2.27. The standard InChI is InChI=1S/C20H20N2O2S/c1-12-10-13(2)18(14(3)11-12)21-19(24)20-9-8-17(23)22(20)15-6-4-5-7-16(15)25-20/h4-7,10-11H,8-9H2,1-3H3,(H,21,24)/t20-/m1/s1. The van der Waals surface area contributed by atoms with Crippen LogP contribution in [0, 0.1) is 20.8 Å². The number of rotatable bonds is 2. The number of hydrogen-bond donors (Lipinski definition) is 1. The molecule has 1 fully saturated rings. The molecule has 2 heterocycles. The van der Waals surface area contributed by atoms with E-state index in [-0.39, 0.29) is 11.8 Å². The monoisotopic (exact) mass is 352 g/mol. The quantitative estimate of drug-likeness (QED) is 0.882. The van der Waals surface area contributed by atoms with Crippen molar-refractivity contribution in [3.05, 3.63) is 53.1 Å². The van der Waals surface area contributed by atoms with Gasteiger partial charge in [0.25, 0.3) is 5.91 Å². The van der Waals surface area contributed by atoms with Crippen LogP contribution in [-0.2, 0) is 9.59 Å². The highest BCUT2D eigenvalue weighted by Crippen LogP contribution is 2.56. The summed E-state index contributed by atoms with van der Waals surface area (Å²) in [5, 5.41) is 3.11. The molecule has 0 spiro atoms. The second-order valence-electron chi connectivity index (χ2n) is 6.81. The number of carbonyl (C=O) groups is 2. The molecule has 1 saturated heterocycles. The topological polar surface area (TPSA) is 49.4 Å². The number of hydrogen-bond acceptors (Lipinski definition) is 3. The minimum Gasteiger partial charge on any atom is -0.323 e. The zero-order valence-electron chi connectivity index (χ0n) is 14.6. The van der Waals surface area contributed by atoms with Crippen molar-refractivity contribution in [3.63, 3.8) is 0 Å². The van der Waals surface area contributed by atoms with Crippen molar-refractivity contribution in [2.75, 3.05) is 10.2 Å². The highest BCUT2D eigenvalue weighted by Gasteiger charge is 2.57. The maximum Gasteiger partial charge on any atom is 0.261 e. The molecule has 1 N–H and O–H groups in total. The number of nitrogens with one attached hydrogen (secondary N) is 1. The van der Waals surface area contributed by atoms with E-state index in [1.165, 1.54) is 17.3 Å². The van der Waals surface area contributed by atoms with E-state index >= 15 is 0 Å². The number of amides is 2. The average molecular weight is 352 g/mol. The molecule has 0 radical (unpaired) electrons. The largest absolute Gasteiger partial charge is 0.323 e. The Morgan fingerprint density at radius 3 is 2.56 bits per heavy atom. The second-order valence-corrected chi connectivity index (χ2v) is 8.13. The van der Waals surface area contributed by atoms with Crippen LogP contribution in [0.1, 0.15) is 29.5 Å². The molecule has 0 aliphatic carbocycles. The number of aryl methyl sites for hydroxylation is 3. The third-order valence-electron chi connectivity index (χ3n) is 4.94. The van der Waals surface area contributed by atoms with Gasteiger partial charge in [-0.3, -0.25) is 14.5 Å². The number of para-hydroxylation sites is 1. The molecule has 2 amide bonds. The highest BCUT2D eigenvalue weighted by molar-refractivity contribution is 8.02. The van der Waals surface area contributed by atoms with E-state index in [1.54, 1.807) is 4.90 Å².